The minimum absolute atomic E-state index is 0.0804. The predicted molar refractivity (Wildman–Crippen MR) is 52.4 cm³/mol. The van der Waals surface area contributed by atoms with Gasteiger partial charge in [-0.15, -0.1) is 0 Å². The summed E-state index contributed by atoms with van der Waals surface area (Å²) in [6, 6.07) is 5.62. The number of hydrogen-bond donors (Lipinski definition) is 2. The molecular formula is C11H13O3. The van der Waals surface area contributed by atoms with Crippen LogP contribution in [0.2, 0.25) is 0 Å². The standard InChI is InChI=1S/C11H13O3/c1-7(2)6-8-4-3-5-9(10(8)12)11(13)14/h4-5,7,12H,6H2,1-2H3,(H,13,14). The highest BCUT2D eigenvalue weighted by Gasteiger charge is 2.13. The van der Waals surface area contributed by atoms with Gasteiger partial charge in [0.05, 0.1) is 0 Å². The largest absolute Gasteiger partial charge is 0.507 e. The molecule has 0 atom stereocenters. The van der Waals surface area contributed by atoms with Crippen LogP contribution >= 0.6 is 0 Å². The molecule has 75 valence electrons. The Morgan fingerprint density at radius 3 is 2.64 bits per heavy atom. The molecule has 1 rings (SSSR count). The van der Waals surface area contributed by atoms with Gasteiger partial charge in [0.2, 0.25) is 0 Å². The van der Waals surface area contributed by atoms with Gasteiger partial charge in [0.1, 0.15) is 11.3 Å². The topological polar surface area (TPSA) is 57.5 Å². The van der Waals surface area contributed by atoms with Crippen LogP contribution in [0.3, 0.4) is 0 Å². The summed E-state index contributed by atoms with van der Waals surface area (Å²) in [5.74, 6) is -0.882. The van der Waals surface area contributed by atoms with E-state index in [9.17, 15) is 9.90 Å². The lowest BCUT2D eigenvalue weighted by Gasteiger charge is -2.08. The van der Waals surface area contributed by atoms with Crippen LogP contribution in [0.4, 0.5) is 0 Å². The summed E-state index contributed by atoms with van der Waals surface area (Å²) < 4.78 is 0. The van der Waals surface area contributed by atoms with E-state index in [2.05, 4.69) is 6.07 Å². The van der Waals surface area contributed by atoms with Gasteiger partial charge in [-0.25, -0.2) is 4.79 Å². The van der Waals surface area contributed by atoms with Crippen LogP contribution in [0.5, 0.6) is 5.75 Å². The van der Waals surface area contributed by atoms with Gasteiger partial charge in [0, 0.05) is 0 Å². The highest BCUT2D eigenvalue weighted by molar-refractivity contribution is 5.91. The van der Waals surface area contributed by atoms with E-state index in [1.807, 2.05) is 13.8 Å². The van der Waals surface area contributed by atoms with E-state index in [4.69, 9.17) is 5.11 Å². The maximum Gasteiger partial charge on any atom is 0.339 e. The van der Waals surface area contributed by atoms with Crippen LogP contribution in [0, 0.1) is 12.0 Å². The molecule has 0 bridgehead atoms. The van der Waals surface area contributed by atoms with Crippen LogP contribution in [0.15, 0.2) is 12.1 Å². The maximum absolute atomic E-state index is 10.7. The van der Waals surface area contributed by atoms with E-state index in [1.165, 1.54) is 6.07 Å². The van der Waals surface area contributed by atoms with E-state index in [0.29, 0.717) is 17.9 Å². The summed E-state index contributed by atoms with van der Waals surface area (Å²) in [6.07, 6.45) is 0.656. The van der Waals surface area contributed by atoms with Crippen LogP contribution < -0.4 is 0 Å². The van der Waals surface area contributed by atoms with Crippen molar-refractivity contribution in [1.29, 1.82) is 0 Å². The fraction of sp³-hybridized carbons (Fsp3) is 0.364. The molecule has 1 aromatic rings. The summed E-state index contributed by atoms with van der Waals surface area (Å²) >= 11 is 0. The molecular weight excluding hydrogens is 180 g/mol. The number of phenols is 1. The average Bonchev–Trinajstić information content (AvgIpc) is 2.07. The van der Waals surface area contributed by atoms with Crippen LogP contribution in [-0.4, -0.2) is 16.2 Å². The quantitative estimate of drug-likeness (QED) is 0.772. The molecule has 0 saturated carbocycles. The van der Waals surface area contributed by atoms with Gasteiger partial charge in [0.15, 0.2) is 0 Å². The summed E-state index contributed by atoms with van der Waals surface area (Å²) in [4.78, 5) is 10.7. The van der Waals surface area contributed by atoms with Crippen LogP contribution in [0.25, 0.3) is 0 Å². The molecule has 0 fully saturated rings. The van der Waals surface area contributed by atoms with Crippen molar-refractivity contribution in [2.75, 3.05) is 0 Å². The van der Waals surface area contributed by atoms with Crippen molar-refractivity contribution in [3.8, 4) is 5.75 Å². The fourth-order valence-electron chi connectivity index (χ4n) is 1.29. The second-order valence-corrected chi connectivity index (χ2v) is 3.65. The van der Waals surface area contributed by atoms with Crippen molar-refractivity contribution in [2.45, 2.75) is 20.3 Å². The third-order valence-electron chi connectivity index (χ3n) is 1.90. The van der Waals surface area contributed by atoms with E-state index in [-0.39, 0.29) is 11.3 Å². The third-order valence-corrected chi connectivity index (χ3v) is 1.90. The summed E-state index contributed by atoms with van der Waals surface area (Å²) in [5.41, 5.74) is 0.558. The molecule has 0 aromatic heterocycles. The minimum Gasteiger partial charge on any atom is -0.507 e. The van der Waals surface area contributed by atoms with Crippen LogP contribution in [-0.2, 0) is 6.42 Å². The highest BCUT2D eigenvalue weighted by atomic mass is 16.4. The normalized spacial score (nSPS) is 10.5. The lowest BCUT2D eigenvalue weighted by molar-refractivity contribution is 0.0693. The first-order valence-electron chi connectivity index (χ1n) is 4.47. The molecule has 0 aliphatic carbocycles. The first-order valence-corrected chi connectivity index (χ1v) is 4.47. The molecule has 1 aromatic carbocycles. The van der Waals surface area contributed by atoms with Crippen molar-refractivity contribution in [3.05, 3.63) is 29.3 Å². The molecule has 14 heavy (non-hydrogen) atoms. The molecule has 0 aliphatic rings. The van der Waals surface area contributed by atoms with Gasteiger partial charge in [-0.2, -0.15) is 0 Å². The average molecular weight is 193 g/mol. The summed E-state index contributed by atoms with van der Waals surface area (Å²) in [5, 5.41) is 18.4. The highest BCUT2D eigenvalue weighted by Crippen LogP contribution is 2.24. The molecule has 3 heteroatoms. The minimum atomic E-state index is -1.12. The Hall–Kier alpha value is -1.51. The molecule has 1 radical (unpaired) electrons. The van der Waals surface area contributed by atoms with Gasteiger partial charge in [-0.05, 0) is 36.1 Å². The number of benzene rings is 1. The van der Waals surface area contributed by atoms with Crippen molar-refractivity contribution in [1.82, 2.24) is 0 Å². The van der Waals surface area contributed by atoms with Gasteiger partial charge < -0.3 is 10.2 Å². The number of carboxylic acid groups (broad SMARTS) is 1. The lowest BCUT2D eigenvalue weighted by Crippen LogP contribution is -2.01. The van der Waals surface area contributed by atoms with E-state index in [0.717, 1.165) is 0 Å². The zero-order chi connectivity index (χ0) is 10.7. The van der Waals surface area contributed by atoms with Crippen molar-refractivity contribution >= 4 is 5.97 Å². The Balaban J connectivity index is 3.07. The molecule has 3 nitrogen and oxygen atoms in total. The molecule has 0 unspecified atom stereocenters. The summed E-state index contributed by atoms with van der Waals surface area (Å²) in [6.45, 7) is 4.01. The van der Waals surface area contributed by atoms with Crippen molar-refractivity contribution in [3.63, 3.8) is 0 Å². The molecule has 0 amide bonds. The van der Waals surface area contributed by atoms with Crippen molar-refractivity contribution in [2.24, 2.45) is 5.92 Å². The smallest absolute Gasteiger partial charge is 0.339 e. The Kier molecular flexibility index (Phi) is 3.12. The van der Waals surface area contributed by atoms with Gasteiger partial charge in [0.25, 0.3) is 0 Å². The lowest BCUT2D eigenvalue weighted by atomic mass is 10.00. The van der Waals surface area contributed by atoms with Gasteiger partial charge in [-0.1, -0.05) is 13.8 Å². The molecule has 0 spiro atoms. The Labute approximate surface area is 83.0 Å². The number of hydrogen-bond acceptors (Lipinski definition) is 2. The second-order valence-electron chi connectivity index (χ2n) is 3.65. The Morgan fingerprint density at radius 2 is 2.14 bits per heavy atom. The molecule has 2 N–H and O–H groups in total. The summed E-state index contributed by atoms with van der Waals surface area (Å²) in [7, 11) is 0. The van der Waals surface area contributed by atoms with Gasteiger partial charge >= 0.3 is 5.97 Å². The van der Waals surface area contributed by atoms with E-state index >= 15 is 0 Å². The first kappa shape index (κ1) is 10.6. The zero-order valence-electron chi connectivity index (χ0n) is 8.24. The number of rotatable bonds is 3. The van der Waals surface area contributed by atoms with E-state index in [1.54, 1.807) is 6.07 Å². The molecule has 0 heterocycles. The number of aromatic carboxylic acids is 1. The van der Waals surface area contributed by atoms with Crippen molar-refractivity contribution < 1.29 is 15.0 Å². The zero-order valence-corrected chi connectivity index (χ0v) is 8.24. The number of carbonyl (C=O) groups is 1. The SMILES string of the molecule is CC(C)Cc1c[c]cc(C(=O)O)c1O. The monoisotopic (exact) mass is 193 g/mol. The maximum atomic E-state index is 10.7. The van der Waals surface area contributed by atoms with Crippen LogP contribution in [0.1, 0.15) is 29.8 Å². The number of aromatic hydroxyl groups is 1. The first-order chi connectivity index (χ1) is 6.52. The second kappa shape index (κ2) is 4.13. The van der Waals surface area contributed by atoms with Gasteiger partial charge in [-0.3, -0.25) is 0 Å². The fourth-order valence-corrected chi connectivity index (χ4v) is 1.29. The number of carboxylic acids is 1. The molecule has 0 saturated heterocycles. The third kappa shape index (κ3) is 2.25. The van der Waals surface area contributed by atoms with E-state index < -0.39 is 5.97 Å². The Bertz CT molecular complexity index is 342. The predicted octanol–water partition coefficient (Wildman–Crippen LogP) is 2.09. The molecule has 0 aliphatic heterocycles. The Morgan fingerprint density at radius 1 is 1.50 bits per heavy atom.